The lowest BCUT2D eigenvalue weighted by molar-refractivity contribution is -0.122. The van der Waals surface area contributed by atoms with Crippen molar-refractivity contribution >= 4 is 5.91 Å². The Labute approximate surface area is 116 Å². The summed E-state index contributed by atoms with van der Waals surface area (Å²) < 4.78 is 5.78. The average molecular weight is 268 g/mol. The zero-order valence-corrected chi connectivity index (χ0v) is 12.4. The molecule has 1 saturated carbocycles. The van der Waals surface area contributed by atoms with Gasteiger partial charge in [-0.15, -0.1) is 0 Å². The Morgan fingerprint density at radius 3 is 2.68 bits per heavy atom. The molecule has 4 nitrogen and oxygen atoms in total. The van der Waals surface area contributed by atoms with Gasteiger partial charge in [0, 0.05) is 13.2 Å². The van der Waals surface area contributed by atoms with Crippen molar-refractivity contribution in [1.82, 2.24) is 10.2 Å². The summed E-state index contributed by atoms with van der Waals surface area (Å²) in [5.74, 6) is 0.164. The first-order valence-electron chi connectivity index (χ1n) is 7.78. The molecule has 1 spiro atoms. The van der Waals surface area contributed by atoms with Gasteiger partial charge in [-0.25, -0.2) is 0 Å². The van der Waals surface area contributed by atoms with Crippen LogP contribution in [-0.2, 0) is 9.53 Å². The highest BCUT2D eigenvalue weighted by Gasteiger charge is 2.41. The SMILES string of the molecule is CCNC(=O)CN1CCC2(CC[C@H](OCC)C2)CC1. The van der Waals surface area contributed by atoms with Crippen molar-refractivity contribution in [1.29, 1.82) is 0 Å². The molecule has 0 aromatic carbocycles. The Balaban J connectivity index is 1.75. The van der Waals surface area contributed by atoms with Crippen LogP contribution in [0.3, 0.4) is 0 Å². The maximum absolute atomic E-state index is 11.6. The van der Waals surface area contributed by atoms with Crippen molar-refractivity contribution in [3.63, 3.8) is 0 Å². The van der Waals surface area contributed by atoms with E-state index in [2.05, 4.69) is 17.1 Å². The summed E-state index contributed by atoms with van der Waals surface area (Å²) in [7, 11) is 0. The van der Waals surface area contributed by atoms with Crippen LogP contribution in [-0.4, -0.2) is 49.7 Å². The van der Waals surface area contributed by atoms with Crippen LogP contribution >= 0.6 is 0 Å². The van der Waals surface area contributed by atoms with Crippen LogP contribution in [0.5, 0.6) is 0 Å². The minimum atomic E-state index is 0.164. The fraction of sp³-hybridized carbons (Fsp3) is 0.933. The average Bonchev–Trinajstić information content (AvgIpc) is 2.77. The smallest absolute Gasteiger partial charge is 0.234 e. The number of likely N-dealkylation sites (N-methyl/N-ethyl adjacent to an activating group) is 1. The fourth-order valence-corrected chi connectivity index (χ4v) is 3.63. The van der Waals surface area contributed by atoms with Gasteiger partial charge in [-0.05, 0) is 64.5 Å². The van der Waals surface area contributed by atoms with E-state index < -0.39 is 0 Å². The lowest BCUT2D eigenvalue weighted by atomic mass is 9.77. The van der Waals surface area contributed by atoms with Gasteiger partial charge in [-0.2, -0.15) is 0 Å². The van der Waals surface area contributed by atoms with Crippen LogP contribution in [0.15, 0.2) is 0 Å². The first-order chi connectivity index (χ1) is 9.17. The predicted octanol–water partition coefficient (Wildman–Crippen LogP) is 1.79. The highest BCUT2D eigenvalue weighted by molar-refractivity contribution is 5.77. The molecule has 1 aliphatic carbocycles. The van der Waals surface area contributed by atoms with E-state index in [0.29, 0.717) is 18.1 Å². The van der Waals surface area contributed by atoms with E-state index in [-0.39, 0.29) is 5.91 Å². The third kappa shape index (κ3) is 3.93. The maximum atomic E-state index is 11.6. The van der Waals surface area contributed by atoms with Crippen LogP contribution in [0.4, 0.5) is 0 Å². The van der Waals surface area contributed by atoms with Gasteiger partial charge in [0.1, 0.15) is 0 Å². The van der Waals surface area contributed by atoms with Crippen molar-refractivity contribution in [2.75, 3.05) is 32.8 Å². The maximum Gasteiger partial charge on any atom is 0.234 e. The first kappa shape index (κ1) is 14.8. The first-order valence-corrected chi connectivity index (χ1v) is 7.78. The summed E-state index contributed by atoms with van der Waals surface area (Å²) in [6.45, 7) is 8.32. The van der Waals surface area contributed by atoms with Crippen LogP contribution in [0.2, 0.25) is 0 Å². The van der Waals surface area contributed by atoms with E-state index in [1.807, 2.05) is 6.92 Å². The van der Waals surface area contributed by atoms with E-state index in [0.717, 1.165) is 26.2 Å². The molecule has 0 aromatic rings. The van der Waals surface area contributed by atoms with Crippen molar-refractivity contribution < 1.29 is 9.53 Å². The number of carbonyl (C=O) groups is 1. The van der Waals surface area contributed by atoms with Gasteiger partial charge in [0.2, 0.25) is 5.91 Å². The Morgan fingerprint density at radius 2 is 2.05 bits per heavy atom. The van der Waals surface area contributed by atoms with Crippen LogP contribution in [0.1, 0.15) is 46.0 Å². The molecule has 19 heavy (non-hydrogen) atoms. The van der Waals surface area contributed by atoms with E-state index in [9.17, 15) is 4.79 Å². The van der Waals surface area contributed by atoms with E-state index >= 15 is 0 Å². The normalized spacial score (nSPS) is 26.7. The number of hydrogen-bond acceptors (Lipinski definition) is 3. The van der Waals surface area contributed by atoms with Gasteiger partial charge >= 0.3 is 0 Å². The Kier molecular flexibility index (Phi) is 5.22. The van der Waals surface area contributed by atoms with Crippen LogP contribution in [0, 0.1) is 5.41 Å². The summed E-state index contributed by atoms with van der Waals surface area (Å²) in [5, 5.41) is 2.88. The second kappa shape index (κ2) is 6.71. The number of carbonyl (C=O) groups excluding carboxylic acids is 1. The molecule has 110 valence electrons. The van der Waals surface area contributed by atoms with Crippen LogP contribution in [0.25, 0.3) is 0 Å². The van der Waals surface area contributed by atoms with Crippen LogP contribution < -0.4 is 5.32 Å². The molecule has 1 heterocycles. The lowest BCUT2D eigenvalue weighted by Crippen LogP contribution is -2.44. The number of hydrogen-bond donors (Lipinski definition) is 1. The summed E-state index contributed by atoms with van der Waals surface area (Å²) in [5.41, 5.74) is 0.511. The number of amides is 1. The predicted molar refractivity (Wildman–Crippen MR) is 76.1 cm³/mol. The summed E-state index contributed by atoms with van der Waals surface area (Å²) >= 11 is 0. The van der Waals surface area contributed by atoms with Gasteiger partial charge in [0.05, 0.1) is 12.6 Å². The minimum Gasteiger partial charge on any atom is -0.378 e. The number of nitrogens with zero attached hydrogens (tertiary/aromatic N) is 1. The molecule has 1 atom stereocenters. The van der Waals surface area contributed by atoms with Gasteiger partial charge in [0.15, 0.2) is 0 Å². The second-order valence-corrected chi connectivity index (χ2v) is 6.05. The molecule has 1 aliphatic heterocycles. The zero-order chi connectivity index (χ0) is 13.7. The quantitative estimate of drug-likeness (QED) is 0.826. The summed E-state index contributed by atoms with van der Waals surface area (Å²) in [4.78, 5) is 13.9. The van der Waals surface area contributed by atoms with Crippen molar-refractivity contribution in [3.8, 4) is 0 Å². The number of rotatable bonds is 5. The highest BCUT2D eigenvalue weighted by atomic mass is 16.5. The molecule has 0 aromatic heterocycles. The monoisotopic (exact) mass is 268 g/mol. The number of likely N-dealkylation sites (tertiary alicyclic amines) is 1. The third-order valence-electron chi connectivity index (χ3n) is 4.72. The molecule has 4 heteroatoms. The Bertz CT molecular complexity index is 299. The molecule has 0 bridgehead atoms. The number of nitrogens with one attached hydrogen (secondary N) is 1. The minimum absolute atomic E-state index is 0.164. The summed E-state index contributed by atoms with van der Waals surface area (Å²) in [6, 6.07) is 0. The van der Waals surface area contributed by atoms with Crippen molar-refractivity contribution in [2.45, 2.75) is 52.1 Å². The summed E-state index contributed by atoms with van der Waals surface area (Å²) in [6.07, 6.45) is 6.72. The third-order valence-corrected chi connectivity index (χ3v) is 4.72. The zero-order valence-electron chi connectivity index (χ0n) is 12.4. The number of ether oxygens (including phenoxy) is 1. The molecule has 2 fully saturated rings. The van der Waals surface area contributed by atoms with Gasteiger partial charge in [-0.1, -0.05) is 0 Å². The van der Waals surface area contributed by atoms with Crippen molar-refractivity contribution in [3.05, 3.63) is 0 Å². The van der Waals surface area contributed by atoms with Crippen molar-refractivity contribution in [2.24, 2.45) is 5.41 Å². The molecular formula is C15H28N2O2. The topological polar surface area (TPSA) is 41.6 Å². The largest absolute Gasteiger partial charge is 0.378 e. The Hall–Kier alpha value is -0.610. The molecule has 2 rings (SSSR count). The standard InChI is InChI=1S/C15H28N2O2/c1-3-16-14(18)12-17-9-7-15(8-10-17)6-5-13(11-15)19-4-2/h13H,3-12H2,1-2H3,(H,16,18)/t13-/m0/s1. The molecule has 2 aliphatic rings. The molecule has 1 saturated heterocycles. The molecule has 1 amide bonds. The highest BCUT2D eigenvalue weighted by Crippen LogP contribution is 2.47. The van der Waals surface area contributed by atoms with E-state index in [4.69, 9.17) is 4.74 Å². The van der Waals surface area contributed by atoms with Gasteiger partial charge in [0.25, 0.3) is 0 Å². The second-order valence-electron chi connectivity index (χ2n) is 6.05. The van der Waals surface area contributed by atoms with E-state index in [1.54, 1.807) is 0 Å². The van der Waals surface area contributed by atoms with E-state index in [1.165, 1.54) is 32.1 Å². The number of piperidine rings is 1. The lowest BCUT2D eigenvalue weighted by Gasteiger charge is -2.39. The molecule has 1 N–H and O–H groups in total. The van der Waals surface area contributed by atoms with Gasteiger partial charge < -0.3 is 10.1 Å². The molecule has 0 unspecified atom stereocenters. The molecular weight excluding hydrogens is 240 g/mol. The van der Waals surface area contributed by atoms with Gasteiger partial charge in [-0.3, -0.25) is 9.69 Å². The molecule has 0 radical (unpaired) electrons. The Morgan fingerprint density at radius 1 is 1.32 bits per heavy atom. The fourth-order valence-electron chi connectivity index (χ4n) is 3.63.